The summed E-state index contributed by atoms with van der Waals surface area (Å²) >= 11 is 0. The van der Waals surface area contributed by atoms with Gasteiger partial charge in [0.15, 0.2) is 0 Å². The van der Waals surface area contributed by atoms with Crippen LogP contribution < -0.4 is 0 Å². The van der Waals surface area contributed by atoms with Gasteiger partial charge in [-0.05, 0) is 69.3 Å². The molecule has 0 aliphatic heterocycles. The molecule has 0 spiro atoms. The average Bonchev–Trinajstić information content (AvgIpc) is 2.77. The van der Waals surface area contributed by atoms with Crippen LogP contribution in [-0.2, 0) is 5.41 Å². The summed E-state index contributed by atoms with van der Waals surface area (Å²) < 4.78 is 0. The first-order valence-electron chi connectivity index (χ1n) is 10.3. The molecule has 146 valence electrons. The highest BCUT2D eigenvalue weighted by atomic mass is 14.7. The van der Waals surface area contributed by atoms with Crippen molar-refractivity contribution in [1.29, 1.82) is 0 Å². The first-order valence-corrected chi connectivity index (χ1v) is 10.3. The second-order valence-electron chi connectivity index (χ2n) is 8.84. The van der Waals surface area contributed by atoms with E-state index in [1.807, 2.05) is 18.5 Å². The zero-order chi connectivity index (χ0) is 20.7. The average molecular weight is 389 g/mol. The van der Waals surface area contributed by atoms with Crippen molar-refractivity contribution in [3.8, 4) is 22.4 Å². The fraction of sp³-hybridized carbons (Fsp3) is 0.143. The predicted molar refractivity (Wildman–Crippen MR) is 127 cm³/mol. The molecule has 30 heavy (non-hydrogen) atoms. The molecule has 0 radical (unpaired) electrons. The number of pyridine rings is 2. The van der Waals surface area contributed by atoms with Gasteiger partial charge in [0.2, 0.25) is 0 Å². The minimum absolute atomic E-state index is 0.0528. The molecular weight excluding hydrogens is 364 g/mol. The Hall–Kier alpha value is -3.52. The Labute approximate surface area is 177 Å². The van der Waals surface area contributed by atoms with E-state index in [0.29, 0.717) is 0 Å². The molecule has 5 aromatic rings. The first-order chi connectivity index (χ1) is 14.5. The molecule has 0 aliphatic rings. The van der Waals surface area contributed by atoms with Crippen LogP contribution in [0.2, 0.25) is 0 Å². The Morgan fingerprint density at radius 1 is 0.600 bits per heavy atom. The molecule has 3 aromatic carbocycles. The lowest BCUT2D eigenvalue weighted by molar-refractivity contribution is 0.596. The second kappa shape index (κ2) is 7.07. The fourth-order valence-corrected chi connectivity index (χ4v) is 4.09. The van der Waals surface area contributed by atoms with E-state index in [9.17, 15) is 0 Å². The Balaban J connectivity index is 1.65. The minimum Gasteiger partial charge on any atom is -0.256 e. The van der Waals surface area contributed by atoms with Crippen LogP contribution in [0.25, 0.3) is 44.1 Å². The van der Waals surface area contributed by atoms with Crippen molar-refractivity contribution < 1.29 is 0 Å². The summed E-state index contributed by atoms with van der Waals surface area (Å²) in [4.78, 5) is 9.22. The van der Waals surface area contributed by atoms with E-state index in [2.05, 4.69) is 98.6 Å². The SMILES string of the molecule is CC(C)(C)c1cc(-c2cc(-c3ccc4cccnc4c3)ccn2)cc2ccccc12. The molecule has 0 amide bonds. The summed E-state index contributed by atoms with van der Waals surface area (Å²) in [6, 6.07) is 27.9. The lowest BCUT2D eigenvalue weighted by Crippen LogP contribution is -2.12. The molecule has 2 heterocycles. The van der Waals surface area contributed by atoms with Crippen LogP contribution in [0.3, 0.4) is 0 Å². The summed E-state index contributed by atoms with van der Waals surface area (Å²) in [5.41, 5.74) is 6.85. The van der Waals surface area contributed by atoms with Gasteiger partial charge in [-0.2, -0.15) is 0 Å². The maximum absolute atomic E-state index is 4.71. The minimum atomic E-state index is 0.0528. The molecule has 2 heteroatoms. The normalized spacial score (nSPS) is 11.8. The van der Waals surface area contributed by atoms with Crippen molar-refractivity contribution in [1.82, 2.24) is 9.97 Å². The molecule has 2 aromatic heterocycles. The van der Waals surface area contributed by atoms with E-state index < -0.39 is 0 Å². The van der Waals surface area contributed by atoms with Gasteiger partial charge in [0, 0.05) is 23.3 Å². The highest BCUT2D eigenvalue weighted by molar-refractivity contribution is 5.91. The van der Waals surface area contributed by atoms with Crippen LogP contribution >= 0.6 is 0 Å². The van der Waals surface area contributed by atoms with Crippen molar-refractivity contribution in [3.63, 3.8) is 0 Å². The standard InChI is InChI=1S/C28H24N2/c1-28(2,3)25-16-23(15-22-7-4-5-9-24(22)25)27-18-21(12-14-30-27)20-11-10-19-8-6-13-29-26(19)17-20/h4-18H,1-3H3. The monoisotopic (exact) mass is 388 g/mol. The molecule has 5 rings (SSSR count). The van der Waals surface area contributed by atoms with E-state index in [0.717, 1.165) is 33.3 Å². The number of nitrogens with zero attached hydrogens (tertiary/aromatic N) is 2. The van der Waals surface area contributed by atoms with Crippen molar-refractivity contribution in [2.75, 3.05) is 0 Å². The van der Waals surface area contributed by atoms with Crippen molar-refractivity contribution in [2.45, 2.75) is 26.2 Å². The second-order valence-corrected chi connectivity index (χ2v) is 8.84. The number of hydrogen-bond donors (Lipinski definition) is 0. The maximum Gasteiger partial charge on any atom is 0.0708 e. The van der Waals surface area contributed by atoms with E-state index in [1.54, 1.807) is 0 Å². The third-order valence-corrected chi connectivity index (χ3v) is 5.66. The predicted octanol–water partition coefficient (Wildman–Crippen LogP) is 7.41. The van der Waals surface area contributed by atoms with Gasteiger partial charge in [0.25, 0.3) is 0 Å². The molecule has 0 atom stereocenters. The van der Waals surface area contributed by atoms with E-state index in [4.69, 9.17) is 4.98 Å². The summed E-state index contributed by atoms with van der Waals surface area (Å²) in [5, 5.41) is 3.72. The summed E-state index contributed by atoms with van der Waals surface area (Å²) in [5.74, 6) is 0. The van der Waals surface area contributed by atoms with Gasteiger partial charge >= 0.3 is 0 Å². The van der Waals surface area contributed by atoms with Gasteiger partial charge in [0.1, 0.15) is 0 Å². The molecule has 0 unspecified atom stereocenters. The number of benzene rings is 3. The third kappa shape index (κ3) is 3.35. The largest absolute Gasteiger partial charge is 0.256 e. The summed E-state index contributed by atoms with van der Waals surface area (Å²) in [6.07, 6.45) is 3.74. The van der Waals surface area contributed by atoms with Crippen LogP contribution in [0.1, 0.15) is 26.3 Å². The quantitative estimate of drug-likeness (QED) is 0.314. The Kier molecular flexibility index (Phi) is 4.36. The topological polar surface area (TPSA) is 25.8 Å². The molecule has 2 nitrogen and oxygen atoms in total. The van der Waals surface area contributed by atoms with Gasteiger partial charge in [-0.25, -0.2) is 0 Å². The van der Waals surface area contributed by atoms with E-state index in [-0.39, 0.29) is 5.41 Å². The van der Waals surface area contributed by atoms with Crippen LogP contribution in [0.5, 0.6) is 0 Å². The molecule has 0 fully saturated rings. The molecule has 0 aliphatic carbocycles. The lowest BCUT2D eigenvalue weighted by Gasteiger charge is -2.22. The number of rotatable bonds is 2. The van der Waals surface area contributed by atoms with Gasteiger partial charge in [-0.15, -0.1) is 0 Å². The lowest BCUT2D eigenvalue weighted by atomic mass is 9.82. The van der Waals surface area contributed by atoms with Crippen LogP contribution in [0.4, 0.5) is 0 Å². The Bertz CT molecular complexity index is 1380. The maximum atomic E-state index is 4.71. The highest BCUT2D eigenvalue weighted by Crippen LogP contribution is 2.35. The van der Waals surface area contributed by atoms with Crippen LogP contribution in [0.15, 0.2) is 91.3 Å². The molecular formula is C28H24N2. The van der Waals surface area contributed by atoms with Crippen molar-refractivity contribution in [2.24, 2.45) is 0 Å². The summed E-state index contributed by atoms with van der Waals surface area (Å²) in [6.45, 7) is 6.81. The summed E-state index contributed by atoms with van der Waals surface area (Å²) in [7, 11) is 0. The zero-order valence-electron chi connectivity index (χ0n) is 17.6. The van der Waals surface area contributed by atoms with Gasteiger partial charge in [0.05, 0.1) is 11.2 Å². The van der Waals surface area contributed by atoms with Gasteiger partial charge in [-0.3, -0.25) is 9.97 Å². The van der Waals surface area contributed by atoms with E-state index in [1.165, 1.54) is 16.3 Å². The fourth-order valence-electron chi connectivity index (χ4n) is 4.09. The van der Waals surface area contributed by atoms with Gasteiger partial charge in [-0.1, -0.05) is 63.2 Å². The zero-order valence-corrected chi connectivity index (χ0v) is 17.6. The highest BCUT2D eigenvalue weighted by Gasteiger charge is 2.18. The third-order valence-electron chi connectivity index (χ3n) is 5.66. The van der Waals surface area contributed by atoms with Crippen molar-refractivity contribution >= 4 is 21.7 Å². The number of hydrogen-bond acceptors (Lipinski definition) is 2. The van der Waals surface area contributed by atoms with Crippen LogP contribution in [-0.4, -0.2) is 9.97 Å². The van der Waals surface area contributed by atoms with Crippen LogP contribution in [0, 0.1) is 0 Å². The number of fused-ring (bicyclic) bond motifs is 2. The molecule has 0 N–H and O–H groups in total. The Morgan fingerprint density at radius 2 is 1.40 bits per heavy atom. The Morgan fingerprint density at radius 3 is 2.27 bits per heavy atom. The van der Waals surface area contributed by atoms with Gasteiger partial charge < -0.3 is 0 Å². The molecule has 0 bridgehead atoms. The smallest absolute Gasteiger partial charge is 0.0708 e. The molecule has 0 saturated carbocycles. The first kappa shape index (κ1) is 18.5. The van der Waals surface area contributed by atoms with E-state index >= 15 is 0 Å². The van der Waals surface area contributed by atoms with Crippen molar-refractivity contribution in [3.05, 3.63) is 96.8 Å². The molecule has 0 saturated heterocycles. The number of aromatic nitrogens is 2.